The van der Waals surface area contributed by atoms with Gasteiger partial charge in [0.05, 0.1) is 6.54 Å². The van der Waals surface area contributed by atoms with Crippen molar-refractivity contribution in [2.24, 2.45) is 5.92 Å². The average molecular weight is 329 g/mol. The highest BCUT2D eigenvalue weighted by atomic mass is 16.5. The molecular formula is C18H27N5O. The second kappa shape index (κ2) is 7.75. The van der Waals surface area contributed by atoms with E-state index in [0.717, 1.165) is 50.0 Å². The van der Waals surface area contributed by atoms with Crippen LogP contribution in [0.5, 0.6) is 0 Å². The molecule has 0 atom stereocenters. The fraction of sp³-hybridized carbons (Fsp3) is 0.611. The maximum Gasteiger partial charge on any atom is 0.241 e. The summed E-state index contributed by atoms with van der Waals surface area (Å²) in [6.45, 7) is 11.4. The first kappa shape index (κ1) is 16.9. The van der Waals surface area contributed by atoms with Crippen molar-refractivity contribution in [1.29, 1.82) is 0 Å². The van der Waals surface area contributed by atoms with Crippen LogP contribution in [0.1, 0.15) is 39.5 Å². The molecule has 2 aromatic rings. The number of likely N-dealkylation sites (tertiary alicyclic amines) is 1. The fourth-order valence-corrected chi connectivity index (χ4v) is 3.10. The highest BCUT2D eigenvalue weighted by Gasteiger charge is 2.18. The molecule has 0 spiro atoms. The Bertz CT molecular complexity index is 627. The number of rotatable bonds is 6. The zero-order chi connectivity index (χ0) is 16.9. The van der Waals surface area contributed by atoms with Gasteiger partial charge in [0, 0.05) is 24.8 Å². The van der Waals surface area contributed by atoms with E-state index in [0.29, 0.717) is 11.7 Å². The Morgan fingerprint density at radius 1 is 1.21 bits per heavy atom. The predicted molar refractivity (Wildman–Crippen MR) is 94.8 cm³/mol. The molecule has 0 N–H and O–H groups in total. The number of anilines is 1. The first-order valence-corrected chi connectivity index (χ1v) is 8.96. The molecule has 1 saturated heterocycles. The SMILES string of the molecule is CCN(CC)c1ccc(-c2noc(CN3CCC(C)CC3)n2)cn1. The van der Waals surface area contributed by atoms with E-state index in [4.69, 9.17) is 4.52 Å². The Hall–Kier alpha value is -1.95. The third kappa shape index (κ3) is 3.93. The first-order chi connectivity index (χ1) is 11.7. The van der Waals surface area contributed by atoms with Crippen molar-refractivity contribution >= 4 is 5.82 Å². The van der Waals surface area contributed by atoms with Crippen LogP contribution < -0.4 is 4.90 Å². The molecule has 1 fully saturated rings. The van der Waals surface area contributed by atoms with E-state index < -0.39 is 0 Å². The Morgan fingerprint density at radius 3 is 2.58 bits per heavy atom. The maximum absolute atomic E-state index is 5.43. The van der Waals surface area contributed by atoms with Gasteiger partial charge in [-0.2, -0.15) is 4.98 Å². The maximum atomic E-state index is 5.43. The molecule has 0 aliphatic carbocycles. The second-order valence-corrected chi connectivity index (χ2v) is 6.55. The zero-order valence-electron chi connectivity index (χ0n) is 14.9. The van der Waals surface area contributed by atoms with E-state index in [1.54, 1.807) is 0 Å². The lowest BCUT2D eigenvalue weighted by Gasteiger charge is -2.28. The molecule has 0 bridgehead atoms. The molecule has 3 heterocycles. The van der Waals surface area contributed by atoms with Crippen LogP contribution in [0.2, 0.25) is 0 Å². The van der Waals surface area contributed by atoms with Gasteiger partial charge in [-0.15, -0.1) is 0 Å². The predicted octanol–water partition coefficient (Wildman–Crippen LogP) is 3.21. The highest BCUT2D eigenvalue weighted by molar-refractivity contribution is 5.55. The molecule has 3 rings (SSSR count). The van der Waals surface area contributed by atoms with Gasteiger partial charge in [0.2, 0.25) is 11.7 Å². The van der Waals surface area contributed by atoms with Crippen LogP contribution in [0.25, 0.3) is 11.4 Å². The van der Waals surface area contributed by atoms with Crippen LogP contribution in [0, 0.1) is 5.92 Å². The summed E-state index contributed by atoms with van der Waals surface area (Å²) in [4.78, 5) is 13.7. The summed E-state index contributed by atoms with van der Waals surface area (Å²) < 4.78 is 5.43. The number of aromatic nitrogens is 3. The largest absolute Gasteiger partial charge is 0.357 e. The molecule has 0 amide bonds. The van der Waals surface area contributed by atoms with Crippen LogP contribution in [0.4, 0.5) is 5.82 Å². The fourth-order valence-electron chi connectivity index (χ4n) is 3.10. The number of piperidine rings is 1. The molecule has 6 nitrogen and oxygen atoms in total. The smallest absolute Gasteiger partial charge is 0.241 e. The van der Waals surface area contributed by atoms with Gasteiger partial charge in [-0.25, -0.2) is 4.98 Å². The van der Waals surface area contributed by atoms with Crippen LogP contribution in [0.3, 0.4) is 0 Å². The van der Waals surface area contributed by atoms with Crippen molar-refractivity contribution in [1.82, 2.24) is 20.0 Å². The number of hydrogen-bond donors (Lipinski definition) is 0. The van der Waals surface area contributed by atoms with Gasteiger partial charge in [-0.1, -0.05) is 12.1 Å². The van der Waals surface area contributed by atoms with Crippen molar-refractivity contribution in [2.45, 2.75) is 40.2 Å². The molecule has 0 radical (unpaired) electrons. The molecule has 0 unspecified atom stereocenters. The summed E-state index contributed by atoms with van der Waals surface area (Å²) in [6, 6.07) is 4.03. The molecule has 0 saturated carbocycles. The van der Waals surface area contributed by atoms with Crippen LogP contribution in [-0.2, 0) is 6.54 Å². The second-order valence-electron chi connectivity index (χ2n) is 6.55. The number of nitrogens with zero attached hydrogens (tertiary/aromatic N) is 5. The molecule has 0 aromatic carbocycles. The molecule has 24 heavy (non-hydrogen) atoms. The molecule has 2 aromatic heterocycles. The van der Waals surface area contributed by atoms with Crippen molar-refractivity contribution < 1.29 is 4.52 Å². The average Bonchev–Trinajstić information content (AvgIpc) is 3.07. The Balaban J connectivity index is 1.64. The lowest BCUT2D eigenvalue weighted by molar-refractivity contribution is 0.165. The molecular weight excluding hydrogens is 302 g/mol. The lowest BCUT2D eigenvalue weighted by Crippen LogP contribution is -2.32. The zero-order valence-corrected chi connectivity index (χ0v) is 14.9. The Kier molecular flexibility index (Phi) is 5.45. The van der Waals surface area contributed by atoms with Gasteiger partial charge in [-0.05, 0) is 57.8 Å². The Labute approximate surface area is 143 Å². The normalized spacial score (nSPS) is 16.5. The van der Waals surface area contributed by atoms with Crippen molar-refractivity contribution in [3.8, 4) is 11.4 Å². The van der Waals surface area contributed by atoms with Gasteiger partial charge in [0.15, 0.2) is 0 Å². The standard InChI is InChI=1S/C18H27N5O/c1-4-23(5-2)16-7-6-15(12-19-16)18-20-17(24-21-18)13-22-10-8-14(3)9-11-22/h6-7,12,14H,4-5,8-11,13H2,1-3H3. The summed E-state index contributed by atoms with van der Waals surface area (Å²) in [6.07, 6.45) is 4.32. The highest BCUT2D eigenvalue weighted by Crippen LogP contribution is 2.21. The van der Waals surface area contributed by atoms with Crippen LogP contribution >= 0.6 is 0 Å². The van der Waals surface area contributed by atoms with Gasteiger partial charge < -0.3 is 9.42 Å². The summed E-state index contributed by atoms with van der Waals surface area (Å²) in [5.74, 6) is 3.12. The third-order valence-corrected chi connectivity index (χ3v) is 4.80. The van der Waals surface area contributed by atoms with Gasteiger partial charge in [-0.3, -0.25) is 4.90 Å². The van der Waals surface area contributed by atoms with Gasteiger partial charge in [0.1, 0.15) is 5.82 Å². The number of pyridine rings is 1. The molecule has 6 heteroatoms. The summed E-state index contributed by atoms with van der Waals surface area (Å²) in [5, 5.41) is 4.12. The molecule has 1 aliphatic rings. The summed E-state index contributed by atoms with van der Waals surface area (Å²) in [7, 11) is 0. The van der Waals surface area contributed by atoms with Gasteiger partial charge >= 0.3 is 0 Å². The van der Waals surface area contributed by atoms with Crippen molar-refractivity contribution in [3.63, 3.8) is 0 Å². The van der Waals surface area contributed by atoms with Crippen LogP contribution in [0.15, 0.2) is 22.9 Å². The summed E-state index contributed by atoms with van der Waals surface area (Å²) in [5.41, 5.74) is 0.896. The molecule has 1 aliphatic heterocycles. The van der Waals surface area contributed by atoms with E-state index >= 15 is 0 Å². The molecule has 130 valence electrons. The van der Waals surface area contributed by atoms with Crippen molar-refractivity contribution in [3.05, 3.63) is 24.2 Å². The van der Waals surface area contributed by atoms with E-state index in [1.807, 2.05) is 18.3 Å². The van der Waals surface area contributed by atoms with Crippen LogP contribution in [-0.4, -0.2) is 46.2 Å². The quantitative estimate of drug-likeness (QED) is 0.811. The third-order valence-electron chi connectivity index (χ3n) is 4.80. The minimum absolute atomic E-state index is 0.619. The van der Waals surface area contributed by atoms with E-state index in [1.165, 1.54) is 12.8 Å². The monoisotopic (exact) mass is 329 g/mol. The van der Waals surface area contributed by atoms with Gasteiger partial charge in [0.25, 0.3) is 0 Å². The topological polar surface area (TPSA) is 58.3 Å². The minimum atomic E-state index is 0.619. The lowest BCUT2D eigenvalue weighted by atomic mass is 9.99. The Morgan fingerprint density at radius 2 is 1.96 bits per heavy atom. The van der Waals surface area contributed by atoms with Crippen molar-refractivity contribution in [2.75, 3.05) is 31.1 Å². The number of hydrogen-bond acceptors (Lipinski definition) is 6. The summed E-state index contributed by atoms with van der Waals surface area (Å²) >= 11 is 0. The van der Waals surface area contributed by atoms with E-state index in [2.05, 4.69) is 45.7 Å². The van der Waals surface area contributed by atoms with E-state index in [-0.39, 0.29) is 0 Å². The van der Waals surface area contributed by atoms with E-state index in [9.17, 15) is 0 Å². The minimum Gasteiger partial charge on any atom is -0.357 e. The first-order valence-electron chi connectivity index (χ1n) is 8.96.